The van der Waals surface area contributed by atoms with Gasteiger partial charge in [-0.05, 0) is 66.4 Å². The zero-order chi connectivity index (χ0) is 26.5. The van der Waals surface area contributed by atoms with Gasteiger partial charge in [0.25, 0.3) is 0 Å². The predicted molar refractivity (Wildman–Crippen MR) is 140 cm³/mol. The second-order valence-electron chi connectivity index (χ2n) is 10.6. The Morgan fingerprint density at radius 2 is 1.81 bits per heavy atom. The number of nitrogens with two attached hydrogens (primary N) is 1. The van der Waals surface area contributed by atoms with Crippen molar-refractivity contribution in [1.29, 1.82) is 0 Å². The summed E-state index contributed by atoms with van der Waals surface area (Å²) in [4.78, 5) is 42.5. The normalized spacial score (nSPS) is 16.0. The zero-order valence-corrected chi connectivity index (χ0v) is 21.1. The number of benzene rings is 3. The first-order valence-corrected chi connectivity index (χ1v) is 12.2. The van der Waals surface area contributed by atoms with Gasteiger partial charge in [-0.15, -0.1) is 0 Å². The molecule has 37 heavy (non-hydrogen) atoms. The van der Waals surface area contributed by atoms with Crippen molar-refractivity contribution >= 4 is 34.5 Å². The molecule has 5 rings (SSSR count). The average molecular weight is 503 g/mol. The number of carbonyl (C=O) groups excluding carboxylic acids is 3. The number of ether oxygens (including phenoxy) is 1. The van der Waals surface area contributed by atoms with Gasteiger partial charge >= 0.3 is 12.1 Å². The molecule has 0 aliphatic carbocycles. The number of amides is 4. The van der Waals surface area contributed by atoms with Crippen molar-refractivity contribution in [3.63, 3.8) is 0 Å². The third kappa shape index (κ3) is 4.76. The van der Waals surface area contributed by atoms with Crippen molar-refractivity contribution in [3.05, 3.63) is 60.2 Å². The summed E-state index contributed by atoms with van der Waals surface area (Å²) in [5.74, 6) is -0.486. The first-order chi connectivity index (χ1) is 17.5. The van der Waals surface area contributed by atoms with Crippen LogP contribution in [0.25, 0.3) is 21.9 Å². The molecule has 0 aromatic heterocycles. The van der Waals surface area contributed by atoms with Gasteiger partial charge in [-0.25, -0.2) is 9.59 Å². The molecule has 1 fully saturated rings. The van der Waals surface area contributed by atoms with E-state index in [1.807, 2.05) is 63.2 Å². The number of carbonyl (C=O) groups is 3. The standard InChI is InChI=1S/C28H30N4O5/c1-28(2,3)37-27(36)30-14-20(15-30)31-13-19-9-8-18(11-24(19)32(26(31)35)16-25(29)34)23-12-21(33)10-17-6-4-5-7-22(17)23/h4-12,20,33H,13-16H2,1-3H3,(H2,29,34). The summed E-state index contributed by atoms with van der Waals surface area (Å²) >= 11 is 0. The molecule has 2 heterocycles. The molecule has 4 amide bonds. The summed E-state index contributed by atoms with van der Waals surface area (Å²) in [5, 5.41) is 12.2. The van der Waals surface area contributed by atoms with Crippen LogP contribution in [0.1, 0.15) is 26.3 Å². The summed E-state index contributed by atoms with van der Waals surface area (Å²) in [6.07, 6.45) is -0.411. The van der Waals surface area contributed by atoms with Crippen molar-refractivity contribution < 1.29 is 24.2 Å². The number of rotatable bonds is 4. The van der Waals surface area contributed by atoms with Crippen LogP contribution in [0.3, 0.4) is 0 Å². The molecule has 2 aliphatic heterocycles. The van der Waals surface area contributed by atoms with Gasteiger partial charge in [-0.1, -0.05) is 36.4 Å². The summed E-state index contributed by atoms with van der Waals surface area (Å²) in [6, 6.07) is 16.4. The number of anilines is 1. The highest BCUT2D eigenvalue weighted by Gasteiger charge is 2.43. The first kappa shape index (κ1) is 24.4. The topological polar surface area (TPSA) is 116 Å². The van der Waals surface area contributed by atoms with Crippen molar-refractivity contribution in [3.8, 4) is 16.9 Å². The third-order valence-corrected chi connectivity index (χ3v) is 6.62. The number of aromatic hydroxyl groups is 1. The summed E-state index contributed by atoms with van der Waals surface area (Å²) in [7, 11) is 0. The van der Waals surface area contributed by atoms with E-state index < -0.39 is 17.6 Å². The maximum atomic E-state index is 13.5. The van der Waals surface area contributed by atoms with E-state index in [4.69, 9.17) is 10.5 Å². The fourth-order valence-electron chi connectivity index (χ4n) is 4.88. The third-order valence-electron chi connectivity index (χ3n) is 6.62. The second kappa shape index (κ2) is 8.99. The van der Waals surface area contributed by atoms with Gasteiger partial charge in [0.05, 0.1) is 11.7 Å². The fraction of sp³-hybridized carbons (Fsp3) is 0.321. The number of primary amides is 1. The molecule has 0 unspecified atom stereocenters. The maximum absolute atomic E-state index is 13.5. The lowest BCUT2D eigenvalue weighted by molar-refractivity contribution is -0.116. The van der Waals surface area contributed by atoms with E-state index in [-0.39, 0.29) is 24.4 Å². The SMILES string of the molecule is CC(C)(C)OC(=O)N1CC(N2Cc3ccc(-c4cc(O)cc5ccccc45)cc3N(CC(N)=O)C2=O)C1. The van der Waals surface area contributed by atoms with Crippen LogP contribution in [-0.4, -0.2) is 64.2 Å². The van der Waals surface area contributed by atoms with Crippen LogP contribution in [0, 0.1) is 0 Å². The van der Waals surface area contributed by atoms with E-state index in [0.29, 0.717) is 25.3 Å². The van der Waals surface area contributed by atoms with Crippen LogP contribution in [0.2, 0.25) is 0 Å². The highest BCUT2D eigenvalue weighted by molar-refractivity contribution is 6.02. The van der Waals surface area contributed by atoms with Crippen molar-refractivity contribution in [2.75, 3.05) is 24.5 Å². The fourth-order valence-corrected chi connectivity index (χ4v) is 4.88. The molecular formula is C28H30N4O5. The average Bonchev–Trinajstić information content (AvgIpc) is 2.78. The predicted octanol–water partition coefficient (Wildman–Crippen LogP) is 4.06. The Hall–Kier alpha value is -4.27. The smallest absolute Gasteiger partial charge is 0.410 e. The molecule has 192 valence electrons. The van der Waals surface area contributed by atoms with Crippen molar-refractivity contribution in [1.82, 2.24) is 9.80 Å². The van der Waals surface area contributed by atoms with Gasteiger partial charge in [-0.3, -0.25) is 9.69 Å². The van der Waals surface area contributed by atoms with Crippen LogP contribution >= 0.6 is 0 Å². The number of fused-ring (bicyclic) bond motifs is 2. The highest BCUT2D eigenvalue weighted by atomic mass is 16.6. The molecule has 0 radical (unpaired) electrons. The van der Waals surface area contributed by atoms with E-state index in [2.05, 4.69) is 0 Å². The van der Waals surface area contributed by atoms with Crippen LogP contribution in [0.4, 0.5) is 15.3 Å². The molecular weight excluding hydrogens is 472 g/mol. The van der Waals surface area contributed by atoms with Crippen LogP contribution in [0.5, 0.6) is 5.75 Å². The summed E-state index contributed by atoms with van der Waals surface area (Å²) < 4.78 is 5.42. The Kier molecular flexibility index (Phi) is 5.94. The quantitative estimate of drug-likeness (QED) is 0.558. The maximum Gasteiger partial charge on any atom is 0.410 e. The number of phenolic OH excluding ortho intramolecular Hbond substituents is 1. The number of likely N-dealkylation sites (tertiary alicyclic amines) is 1. The summed E-state index contributed by atoms with van der Waals surface area (Å²) in [5.41, 5.74) is 8.02. The molecule has 0 saturated carbocycles. The van der Waals surface area contributed by atoms with Gasteiger partial charge < -0.3 is 25.4 Å². The van der Waals surface area contributed by atoms with Gasteiger partial charge in [0.1, 0.15) is 17.9 Å². The van der Waals surface area contributed by atoms with Crippen LogP contribution < -0.4 is 10.6 Å². The van der Waals surface area contributed by atoms with E-state index in [9.17, 15) is 19.5 Å². The molecule has 3 N–H and O–H groups in total. The summed E-state index contributed by atoms with van der Waals surface area (Å²) in [6.45, 7) is 6.21. The van der Waals surface area contributed by atoms with Gasteiger partial charge in [0.15, 0.2) is 0 Å². The number of nitrogens with zero attached hydrogens (tertiary/aromatic N) is 3. The monoisotopic (exact) mass is 502 g/mol. The van der Waals surface area contributed by atoms with Crippen molar-refractivity contribution in [2.24, 2.45) is 5.73 Å². The molecule has 0 spiro atoms. The molecule has 3 aromatic carbocycles. The lowest BCUT2D eigenvalue weighted by Gasteiger charge is -2.48. The van der Waals surface area contributed by atoms with E-state index in [1.54, 1.807) is 21.9 Å². The van der Waals surface area contributed by atoms with Crippen molar-refractivity contribution in [2.45, 2.75) is 39.0 Å². The first-order valence-electron chi connectivity index (χ1n) is 12.2. The van der Waals surface area contributed by atoms with Gasteiger partial charge in [-0.2, -0.15) is 0 Å². The minimum absolute atomic E-state index is 0.141. The lowest BCUT2D eigenvalue weighted by Crippen LogP contribution is -2.65. The minimum atomic E-state index is -0.627. The second-order valence-corrected chi connectivity index (χ2v) is 10.6. The molecule has 9 nitrogen and oxygen atoms in total. The molecule has 0 bridgehead atoms. The van der Waals surface area contributed by atoms with Gasteiger partial charge in [0, 0.05) is 19.6 Å². The Labute approximate surface area is 215 Å². The number of phenols is 1. The van der Waals surface area contributed by atoms with E-state index in [1.165, 1.54) is 4.90 Å². The number of hydrogen-bond donors (Lipinski definition) is 2. The van der Waals surface area contributed by atoms with E-state index >= 15 is 0 Å². The highest BCUT2D eigenvalue weighted by Crippen LogP contribution is 2.38. The van der Waals surface area contributed by atoms with Crippen LogP contribution in [-0.2, 0) is 16.1 Å². The Bertz CT molecular complexity index is 1410. The zero-order valence-electron chi connectivity index (χ0n) is 21.1. The molecule has 1 saturated heterocycles. The Morgan fingerprint density at radius 3 is 2.51 bits per heavy atom. The Morgan fingerprint density at radius 1 is 1.08 bits per heavy atom. The lowest BCUT2D eigenvalue weighted by atomic mass is 9.95. The van der Waals surface area contributed by atoms with Crippen LogP contribution in [0.15, 0.2) is 54.6 Å². The molecule has 2 aliphatic rings. The Balaban J connectivity index is 1.45. The van der Waals surface area contributed by atoms with E-state index in [0.717, 1.165) is 27.5 Å². The molecule has 9 heteroatoms. The molecule has 3 aromatic rings. The molecule has 0 atom stereocenters. The number of hydrogen-bond acceptors (Lipinski definition) is 5. The van der Waals surface area contributed by atoms with Gasteiger partial charge in [0.2, 0.25) is 5.91 Å². The number of urea groups is 1. The largest absolute Gasteiger partial charge is 0.508 e. The minimum Gasteiger partial charge on any atom is -0.508 e.